The highest BCUT2D eigenvalue weighted by Crippen LogP contribution is 2.39. The largest absolute Gasteiger partial charge is 0.506 e. The number of nitro groups is 1. The maximum atomic E-state index is 11.1. The van der Waals surface area contributed by atoms with Gasteiger partial charge in [0.2, 0.25) is 0 Å². The number of aromatic nitrogens is 2. The fraction of sp³-hybridized carbons (Fsp3) is 0.100. The van der Waals surface area contributed by atoms with Crippen LogP contribution in [0.1, 0.15) is 12.5 Å². The molecule has 0 saturated heterocycles. The van der Waals surface area contributed by atoms with Crippen molar-refractivity contribution in [3.63, 3.8) is 0 Å². The lowest BCUT2D eigenvalue weighted by molar-refractivity contribution is -0.384. The second-order valence-corrected chi connectivity index (χ2v) is 7.04. The smallest absolute Gasteiger partial charge is 0.271 e. The van der Waals surface area contributed by atoms with E-state index in [2.05, 4.69) is 46.5 Å². The van der Waals surface area contributed by atoms with E-state index in [1.807, 2.05) is 5.38 Å². The topological polar surface area (TPSA) is 101 Å². The summed E-state index contributed by atoms with van der Waals surface area (Å²) in [4.78, 5) is 20.0. The van der Waals surface area contributed by atoms with Crippen molar-refractivity contribution >= 4 is 38.7 Å². The summed E-state index contributed by atoms with van der Waals surface area (Å²) in [6.45, 7) is 2.11. The van der Waals surface area contributed by atoms with Crippen molar-refractivity contribution in [1.82, 2.24) is 9.97 Å². The molecule has 8 heteroatoms. The van der Waals surface area contributed by atoms with Gasteiger partial charge in [0, 0.05) is 23.1 Å². The maximum Gasteiger partial charge on any atom is 0.271 e. The van der Waals surface area contributed by atoms with Crippen LogP contribution in [0.5, 0.6) is 5.75 Å². The fourth-order valence-corrected chi connectivity index (χ4v) is 3.88. The number of thiophene rings is 1. The van der Waals surface area contributed by atoms with Gasteiger partial charge in [-0.3, -0.25) is 10.1 Å². The number of aromatic hydroxyl groups is 1. The van der Waals surface area contributed by atoms with Crippen LogP contribution in [0.4, 0.5) is 17.2 Å². The highest BCUT2D eigenvalue weighted by atomic mass is 32.1. The number of fused-ring (bicyclic) bond motifs is 1. The molecule has 140 valence electrons. The second-order valence-electron chi connectivity index (χ2n) is 6.19. The number of benzene rings is 2. The number of non-ortho nitro benzene ring substituents is 1. The van der Waals surface area contributed by atoms with Gasteiger partial charge in [0.05, 0.1) is 16.0 Å². The third-order valence-electron chi connectivity index (χ3n) is 4.49. The minimum absolute atomic E-state index is 0.0959. The van der Waals surface area contributed by atoms with E-state index in [1.165, 1.54) is 41.4 Å². The number of nitro benzene ring substituents is 1. The molecule has 0 aliphatic rings. The average Bonchev–Trinajstić information content (AvgIpc) is 3.14. The molecule has 0 aliphatic carbocycles. The first-order valence-corrected chi connectivity index (χ1v) is 9.50. The van der Waals surface area contributed by atoms with E-state index in [0.717, 1.165) is 27.8 Å². The van der Waals surface area contributed by atoms with Crippen LogP contribution in [-0.2, 0) is 6.42 Å². The van der Waals surface area contributed by atoms with E-state index in [9.17, 15) is 15.2 Å². The van der Waals surface area contributed by atoms with Crippen LogP contribution in [0.3, 0.4) is 0 Å². The predicted octanol–water partition coefficient (Wildman–Crippen LogP) is 5.28. The minimum Gasteiger partial charge on any atom is -0.506 e. The summed E-state index contributed by atoms with van der Waals surface area (Å²) >= 11 is 1.49. The lowest BCUT2D eigenvalue weighted by Crippen LogP contribution is -1.97. The number of phenolic OH excluding ortho intramolecular Hbond substituents is 1. The molecule has 28 heavy (non-hydrogen) atoms. The van der Waals surface area contributed by atoms with Gasteiger partial charge in [-0.2, -0.15) is 0 Å². The highest BCUT2D eigenvalue weighted by molar-refractivity contribution is 7.17. The van der Waals surface area contributed by atoms with E-state index in [4.69, 9.17) is 0 Å². The number of aryl methyl sites for hydroxylation is 1. The molecule has 0 radical (unpaired) electrons. The van der Waals surface area contributed by atoms with Gasteiger partial charge in [-0.25, -0.2) is 9.97 Å². The van der Waals surface area contributed by atoms with E-state index in [1.54, 1.807) is 0 Å². The van der Waals surface area contributed by atoms with Crippen molar-refractivity contribution < 1.29 is 10.0 Å². The SMILES string of the molecule is CCc1ccc(-c2csc3ncnc(Nc4cc([N+](=O)[O-])ccc4O)c23)cc1. The van der Waals surface area contributed by atoms with Gasteiger partial charge in [0.1, 0.15) is 22.7 Å². The van der Waals surface area contributed by atoms with Crippen LogP contribution in [0.25, 0.3) is 21.3 Å². The van der Waals surface area contributed by atoms with Gasteiger partial charge in [0.15, 0.2) is 0 Å². The highest BCUT2D eigenvalue weighted by Gasteiger charge is 2.16. The Morgan fingerprint density at radius 1 is 1.18 bits per heavy atom. The molecule has 0 bridgehead atoms. The molecular formula is C20H16N4O3S. The van der Waals surface area contributed by atoms with E-state index in [0.29, 0.717) is 5.82 Å². The van der Waals surface area contributed by atoms with Crippen molar-refractivity contribution in [1.29, 1.82) is 0 Å². The van der Waals surface area contributed by atoms with Gasteiger partial charge in [0.25, 0.3) is 5.69 Å². The van der Waals surface area contributed by atoms with Crippen LogP contribution in [-0.4, -0.2) is 20.0 Å². The molecule has 0 atom stereocenters. The lowest BCUT2D eigenvalue weighted by atomic mass is 10.0. The minimum atomic E-state index is -0.508. The molecule has 0 spiro atoms. The molecule has 2 heterocycles. The summed E-state index contributed by atoms with van der Waals surface area (Å²) < 4.78 is 0. The lowest BCUT2D eigenvalue weighted by Gasteiger charge is -2.10. The van der Waals surface area contributed by atoms with Gasteiger partial charge in [-0.15, -0.1) is 11.3 Å². The number of phenols is 1. The number of anilines is 2. The third-order valence-corrected chi connectivity index (χ3v) is 5.37. The van der Waals surface area contributed by atoms with Gasteiger partial charge >= 0.3 is 0 Å². The summed E-state index contributed by atoms with van der Waals surface area (Å²) in [5.74, 6) is 0.387. The van der Waals surface area contributed by atoms with E-state index < -0.39 is 4.92 Å². The monoisotopic (exact) mass is 392 g/mol. The Hall–Kier alpha value is -3.52. The summed E-state index contributed by atoms with van der Waals surface area (Å²) in [6.07, 6.45) is 2.40. The fourth-order valence-electron chi connectivity index (χ4n) is 2.97. The third kappa shape index (κ3) is 3.25. The summed E-state index contributed by atoms with van der Waals surface area (Å²) in [5.41, 5.74) is 3.35. The molecule has 0 unspecified atom stereocenters. The average molecular weight is 392 g/mol. The summed E-state index contributed by atoms with van der Waals surface area (Å²) in [6, 6.07) is 12.1. The zero-order valence-electron chi connectivity index (χ0n) is 14.9. The van der Waals surface area contributed by atoms with Crippen LogP contribution in [0.2, 0.25) is 0 Å². The molecule has 0 aliphatic heterocycles. The Morgan fingerprint density at radius 3 is 2.68 bits per heavy atom. The van der Waals surface area contributed by atoms with Crippen molar-refractivity contribution in [3.8, 4) is 16.9 Å². The molecule has 2 aromatic carbocycles. The van der Waals surface area contributed by atoms with Gasteiger partial charge in [-0.05, 0) is 23.6 Å². The Bertz CT molecular complexity index is 1170. The molecule has 0 amide bonds. The molecule has 7 nitrogen and oxygen atoms in total. The molecule has 2 aromatic heterocycles. The molecule has 4 aromatic rings. The quantitative estimate of drug-likeness (QED) is 0.272. The number of hydrogen-bond donors (Lipinski definition) is 2. The van der Waals surface area contributed by atoms with Crippen LogP contribution in [0.15, 0.2) is 54.2 Å². The predicted molar refractivity (Wildman–Crippen MR) is 110 cm³/mol. The standard InChI is InChI=1S/C20H16N4O3S/c1-2-12-3-5-13(6-4-12)15-10-28-20-18(15)19(21-11-22-20)23-16-9-14(24(26)27)7-8-17(16)25/h3-11,25H,2H2,1H3,(H,21,22,23). The summed E-state index contributed by atoms with van der Waals surface area (Å²) in [5, 5.41) is 27.0. The van der Waals surface area contributed by atoms with Crippen LogP contribution >= 0.6 is 11.3 Å². The number of nitrogens with zero attached hydrogens (tertiary/aromatic N) is 3. The first-order chi connectivity index (χ1) is 13.6. The zero-order chi connectivity index (χ0) is 19.7. The maximum absolute atomic E-state index is 11.1. The Morgan fingerprint density at radius 2 is 1.96 bits per heavy atom. The van der Waals surface area contributed by atoms with E-state index >= 15 is 0 Å². The Kier molecular flexibility index (Phi) is 4.62. The first-order valence-electron chi connectivity index (χ1n) is 8.62. The first kappa shape index (κ1) is 17.9. The zero-order valence-corrected chi connectivity index (χ0v) is 15.7. The van der Waals surface area contributed by atoms with Crippen molar-refractivity contribution in [2.24, 2.45) is 0 Å². The van der Waals surface area contributed by atoms with Crippen molar-refractivity contribution in [3.05, 3.63) is 69.8 Å². The van der Waals surface area contributed by atoms with Gasteiger partial charge < -0.3 is 10.4 Å². The number of nitrogens with one attached hydrogen (secondary N) is 1. The molecule has 0 fully saturated rings. The van der Waals surface area contributed by atoms with Crippen LogP contribution < -0.4 is 5.32 Å². The molecule has 0 saturated carbocycles. The van der Waals surface area contributed by atoms with Crippen molar-refractivity contribution in [2.75, 3.05) is 5.32 Å². The number of hydrogen-bond acceptors (Lipinski definition) is 7. The Balaban J connectivity index is 1.81. The Labute approximate surface area is 164 Å². The molecular weight excluding hydrogens is 376 g/mol. The molecule has 4 rings (SSSR count). The molecule has 2 N–H and O–H groups in total. The summed E-state index contributed by atoms with van der Waals surface area (Å²) in [7, 11) is 0. The van der Waals surface area contributed by atoms with Crippen LogP contribution in [0, 0.1) is 10.1 Å². The number of rotatable bonds is 5. The van der Waals surface area contributed by atoms with Gasteiger partial charge in [-0.1, -0.05) is 31.2 Å². The normalized spacial score (nSPS) is 10.9. The van der Waals surface area contributed by atoms with E-state index in [-0.39, 0.29) is 17.1 Å². The second kappa shape index (κ2) is 7.24. The van der Waals surface area contributed by atoms with Crippen molar-refractivity contribution in [2.45, 2.75) is 13.3 Å².